The Labute approximate surface area is 105 Å². The van der Waals surface area contributed by atoms with Crippen LogP contribution in [0.2, 0.25) is 0 Å². The molecule has 0 radical (unpaired) electrons. The minimum Gasteiger partial charge on any atom is -0.493 e. The minimum atomic E-state index is -0.571. The summed E-state index contributed by atoms with van der Waals surface area (Å²) in [6.45, 7) is 1.03. The van der Waals surface area contributed by atoms with E-state index in [4.69, 9.17) is 14.7 Å². The first-order valence-electron chi connectivity index (χ1n) is 5.56. The van der Waals surface area contributed by atoms with Gasteiger partial charge in [-0.1, -0.05) is 12.1 Å². The van der Waals surface area contributed by atoms with Crippen LogP contribution in [-0.4, -0.2) is 36.3 Å². The predicted octanol–water partition coefficient (Wildman–Crippen LogP) is 1.60. The number of nitriles is 1. The van der Waals surface area contributed by atoms with Crippen molar-refractivity contribution in [3.05, 3.63) is 24.3 Å². The van der Waals surface area contributed by atoms with Gasteiger partial charge < -0.3 is 9.47 Å². The van der Waals surface area contributed by atoms with E-state index >= 15 is 0 Å². The molecule has 0 N–H and O–H groups in total. The summed E-state index contributed by atoms with van der Waals surface area (Å²) in [6.07, 6.45) is 2.12. The summed E-state index contributed by atoms with van der Waals surface area (Å²) in [5, 5.41) is 11.4. The van der Waals surface area contributed by atoms with Gasteiger partial charge in [0.15, 0.2) is 17.7 Å². The number of methoxy groups -OCH3 is 1. The SMILES string of the molecule is COc1ccccc1OC(=O)N1CCCN1C#N. The smallest absolute Gasteiger partial charge is 0.434 e. The Hall–Kier alpha value is -2.42. The third-order valence-electron chi connectivity index (χ3n) is 2.62. The summed E-state index contributed by atoms with van der Waals surface area (Å²) in [5.41, 5.74) is 0. The zero-order valence-corrected chi connectivity index (χ0v) is 10.00. The number of benzene rings is 1. The zero-order valence-electron chi connectivity index (χ0n) is 10.00. The topological polar surface area (TPSA) is 65.8 Å². The summed E-state index contributed by atoms with van der Waals surface area (Å²) in [5.74, 6) is 0.823. The molecule has 1 aromatic carbocycles. The average Bonchev–Trinajstić information content (AvgIpc) is 2.87. The summed E-state index contributed by atoms with van der Waals surface area (Å²) in [6, 6.07) is 6.88. The molecule has 18 heavy (non-hydrogen) atoms. The van der Waals surface area contributed by atoms with E-state index in [2.05, 4.69) is 0 Å². The Morgan fingerprint density at radius 3 is 2.72 bits per heavy atom. The van der Waals surface area contributed by atoms with Gasteiger partial charge in [0.25, 0.3) is 0 Å². The lowest BCUT2D eigenvalue weighted by Crippen LogP contribution is -2.40. The highest BCUT2D eigenvalue weighted by Gasteiger charge is 2.28. The Bertz CT molecular complexity index is 484. The lowest BCUT2D eigenvalue weighted by Gasteiger charge is -2.21. The highest BCUT2D eigenvalue weighted by molar-refractivity contribution is 5.71. The number of para-hydroxylation sites is 2. The second kappa shape index (κ2) is 5.27. The minimum absolute atomic E-state index is 0.342. The number of rotatable bonds is 2. The second-order valence-corrected chi connectivity index (χ2v) is 3.72. The molecule has 1 saturated heterocycles. The monoisotopic (exact) mass is 247 g/mol. The van der Waals surface area contributed by atoms with Gasteiger partial charge in [-0.15, -0.1) is 0 Å². The Morgan fingerprint density at radius 2 is 2.06 bits per heavy atom. The summed E-state index contributed by atoms with van der Waals surface area (Å²) < 4.78 is 10.3. The molecule has 1 heterocycles. The fraction of sp³-hybridized carbons (Fsp3) is 0.333. The second-order valence-electron chi connectivity index (χ2n) is 3.72. The third kappa shape index (κ3) is 2.30. The normalized spacial score (nSPS) is 14.2. The van der Waals surface area contributed by atoms with Crippen LogP contribution < -0.4 is 9.47 Å². The van der Waals surface area contributed by atoms with Gasteiger partial charge in [0.1, 0.15) is 0 Å². The van der Waals surface area contributed by atoms with Crippen molar-refractivity contribution in [2.45, 2.75) is 6.42 Å². The van der Waals surface area contributed by atoms with Crippen molar-refractivity contribution in [3.8, 4) is 17.7 Å². The maximum absolute atomic E-state index is 11.9. The average molecular weight is 247 g/mol. The maximum Gasteiger partial charge on any atom is 0.434 e. The maximum atomic E-state index is 11.9. The molecule has 1 aromatic rings. The Kier molecular flexibility index (Phi) is 3.53. The van der Waals surface area contributed by atoms with Gasteiger partial charge >= 0.3 is 6.09 Å². The van der Waals surface area contributed by atoms with E-state index in [0.717, 1.165) is 6.42 Å². The molecule has 0 spiro atoms. The third-order valence-corrected chi connectivity index (χ3v) is 2.62. The molecule has 0 bridgehead atoms. The quantitative estimate of drug-likeness (QED) is 0.742. The number of hydrazine groups is 1. The highest BCUT2D eigenvalue weighted by atomic mass is 16.6. The number of carbonyl (C=O) groups is 1. The van der Waals surface area contributed by atoms with Crippen LogP contribution in [0.4, 0.5) is 4.79 Å². The Balaban J connectivity index is 2.10. The first kappa shape index (κ1) is 12.0. The van der Waals surface area contributed by atoms with Crippen molar-refractivity contribution < 1.29 is 14.3 Å². The van der Waals surface area contributed by atoms with Crippen LogP contribution in [0.25, 0.3) is 0 Å². The molecular weight excluding hydrogens is 234 g/mol. The van der Waals surface area contributed by atoms with E-state index < -0.39 is 6.09 Å². The van der Waals surface area contributed by atoms with Crippen LogP contribution in [0.15, 0.2) is 24.3 Å². The van der Waals surface area contributed by atoms with Gasteiger partial charge in [0, 0.05) is 6.54 Å². The van der Waals surface area contributed by atoms with Gasteiger partial charge in [-0.2, -0.15) is 5.26 Å². The van der Waals surface area contributed by atoms with Crippen molar-refractivity contribution in [2.24, 2.45) is 0 Å². The molecule has 1 aliphatic rings. The molecule has 1 fully saturated rings. The van der Waals surface area contributed by atoms with E-state index in [-0.39, 0.29) is 0 Å². The van der Waals surface area contributed by atoms with E-state index in [9.17, 15) is 4.79 Å². The van der Waals surface area contributed by atoms with Crippen molar-refractivity contribution >= 4 is 6.09 Å². The fourth-order valence-corrected chi connectivity index (χ4v) is 1.76. The number of hydrogen-bond donors (Lipinski definition) is 0. The molecule has 0 aromatic heterocycles. The molecule has 0 saturated carbocycles. The summed E-state index contributed by atoms with van der Waals surface area (Å²) in [7, 11) is 1.50. The van der Waals surface area contributed by atoms with E-state index in [1.54, 1.807) is 24.3 Å². The first-order chi connectivity index (χ1) is 8.76. The van der Waals surface area contributed by atoms with E-state index in [0.29, 0.717) is 24.6 Å². The number of nitrogens with zero attached hydrogens (tertiary/aromatic N) is 3. The van der Waals surface area contributed by atoms with Gasteiger partial charge in [0.05, 0.1) is 13.7 Å². The van der Waals surface area contributed by atoms with Crippen LogP contribution in [-0.2, 0) is 0 Å². The predicted molar refractivity (Wildman–Crippen MR) is 62.7 cm³/mol. The molecule has 0 aliphatic carbocycles. The number of carbonyl (C=O) groups excluding carboxylic acids is 1. The molecule has 1 aliphatic heterocycles. The van der Waals surface area contributed by atoms with Crippen LogP contribution >= 0.6 is 0 Å². The lowest BCUT2D eigenvalue weighted by atomic mass is 10.3. The van der Waals surface area contributed by atoms with Crippen molar-refractivity contribution in [3.63, 3.8) is 0 Å². The van der Waals surface area contributed by atoms with Crippen molar-refractivity contribution in [2.75, 3.05) is 20.2 Å². The van der Waals surface area contributed by atoms with Gasteiger partial charge in [-0.3, -0.25) is 0 Å². The highest BCUT2D eigenvalue weighted by Crippen LogP contribution is 2.26. The van der Waals surface area contributed by atoms with Crippen LogP contribution in [0, 0.1) is 11.5 Å². The van der Waals surface area contributed by atoms with Crippen LogP contribution in [0.1, 0.15) is 6.42 Å². The Morgan fingerprint density at radius 1 is 1.33 bits per heavy atom. The largest absolute Gasteiger partial charge is 0.493 e. The van der Waals surface area contributed by atoms with E-state index in [1.165, 1.54) is 17.1 Å². The molecule has 1 amide bonds. The number of hydrogen-bond acceptors (Lipinski definition) is 5. The van der Waals surface area contributed by atoms with Crippen LogP contribution in [0.5, 0.6) is 11.5 Å². The van der Waals surface area contributed by atoms with Crippen LogP contribution in [0.3, 0.4) is 0 Å². The van der Waals surface area contributed by atoms with E-state index in [1.807, 2.05) is 6.19 Å². The lowest BCUT2D eigenvalue weighted by molar-refractivity contribution is 0.0794. The number of ether oxygens (including phenoxy) is 2. The molecule has 0 unspecified atom stereocenters. The number of amides is 1. The summed E-state index contributed by atoms with van der Waals surface area (Å²) in [4.78, 5) is 11.9. The molecule has 0 atom stereocenters. The molecule has 6 heteroatoms. The van der Waals surface area contributed by atoms with Crippen molar-refractivity contribution in [1.29, 1.82) is 5.26 Å². The van der Waals surface area contributed by atoms with Crippen molar-refractivity contribution in [1.82, 2.24) is 10.0 Å². The van der Waals surface area contributed by atoms with Gasteiger partial charge in [0.2, 0.25) is 0 Å². The fourth-order valence-electron chi connectivity index (χ4n) is 1.76. The first-order valence-corrected chi connectivity index (χ1v) is 5.56. The standard InChI is InChI=1S/C12H13N3O3/c1-17-10-5-2-3-6-11(10)18-12(16)15-8-4-7-14(15)9-13/h2-3,5-6H,4,7-8H2,1H3. The molecular formula is C12H13N3O3. The van der Waals surface area contributed by atoms with Gasteiger partial charge in [-0.05, 0) is 18.6 Å². The molecule has 2 rings (SSSR count). The zero-order chi connectivity index (χ0) is 13.0. The molecule has 6 nitrogen and oxygen atoms in total. The molecule has 94 valence electrons. The summed E-state index contributed by atoms with van der Waals surface area (Å²) >= 11 is 0. The van der Waals surface area contributed by atoms with Gasteiger partial charge in [-0.25, -0.2) is 14.8 Å².